The van der Waals surface area contributed by atoms with Gasteiger partial charge in [-0.1, -0.05) is 58.7 Å². The molecule has 0 radical (unpaired) electrons. The fourth-order valence-corrected chi connectivity index (χ4v) is 4.38. The lowest BCUT2D eigenvalue weighted by molar-refractivity contribution is -0.113. The quantitative estimate of drug-likeness (QED) is 0.238. The summed E-state index contributed by atoms with van der Waals surface area (Å²) in [4.78, 5) is 17.0. The Bertz CT molecular complexity index is 1330. The van der Waals surface area contributed by atoms with Crippen molar-refractivity contribution < 1.29 is 18.3 Å². The number of aromatic nitrogens is 2. The van der Waals surface area contributed by atoms with Crippen LogP contribution in [0.15, 0.2) is 78.1 Å². The molecule has 5 nitrogen and oxygen atoms in total. The SMILES string of the molecule is Cc1ccc(NC(=O)CSc2ncc(-c3ccc(Cl)c(Cl)c3)n2-c2ccc(OC(F)F)cc2)cc1. The highest BCUT2D eigenvalue weighted by Crippen LogP contribution is 2.34. The van der Waals surface area contributed by atoms with E-state index in [-0.39, 0.29) is 17.4 Å². The second-order valence-corrected chi connectivity index (χ2v) is 9.22. The van der Waals surface area contributed by atoms with E-state index in [4.69, 9.17) is 23.2 Å². The molecule has 4 rings (SSSR count). The van der Waals surface area contributed by atoms with Gasteiger partial charge in [0.05, 0.1) is 27.7 Å². The summed E-state index contributed by atoms with van der Waals surface area (Å²) in [6, 6.07) is 18.9. The number of anilines is 1. The van der Waals surface area contributed by atoms with Crippen LogP contribution in [0.4, 0.5) is 14.5 Å². The average molecular weight is 534 g/mol. The van der Waals surface area contributed by atoms with Crippen LogP contribution >= 0.6 is 35.0 Å². The first kappa shape index (κ1) is 25.0. The number of amides is 1. The number of rotatable bonds is 8. The van der Waals surface area contributed by atoms with E-state index in [1.54, 1.807) is 36.5 Å². The predicted octanol–water partition coefficient (Wildman–Crippen LogP) is 7.49. The molecule has 0 bridgehead atoms. The number of nitrogens with one attached hydrogen (secondary N) is 1. The smallest absolute Gasteiger partial charge is 0.387 e. The number of benzene rings is 3. The van der Waals surface area contributed by atoms with E-state index in [0.717, 1.165) is 11.1 Å². The summed E-state index contributed by atoms with van der Waals surface area (Å²) in [7, 11) is 0. The molecule has 35 heavy (non-hydrogen) atoms. The molecule has 1 heterocycles. The largest absolute Gasteiger partial charge is 0.435 e. The third-order valence-corrected chi connectivity index (χ3v) is 6.62. The zero-order valence-corrected chi connectivity index (χ0v) is 20.7. The zero-order valence-electron chi connectivity index (χ0n) is 18.3. The molecular weight excluding hydrogens is 515 g/mol. The summed E-state index contributed by atoms with van der Waals surface area (Å²) in [6.07, 6.45) is 1.66. The Morgan fingerprint density at radius 3 is 2.43 bits per heavy atom. The molecule has 3 aromatic carbocycles. The number of aryl methyl sites for hydroxylation is 1. The molecule has 0 saturated heterocycles. The van der Waals surface area contributed by atoms with Gasteiger partial charge in [0.1, 0.15) is 5.75 Å². The number of ether oxygens (including phenoxy) is 1. The van der Waals surface area contributed by atoms with Crippen LogP contribution < -0.4 is 10.1 Å². The van der Waals surface area contributed by atoms with E-state index in [0.29, 0.717) is 32.3 Å². The van der Waals surface area contributed by atoms with E-state index < -0.39 is 6.61 Å². The van der Waals surface area contributed by atoms with Crippen LogP contribution in [0.2, 0.25) is 10.0 Å². The van der Waals surface area contributed by atoms with Gasteiger partial charge in [-0.25, -0.2) is 4.98 Å². The van der Waals surface area contributed by atoms with Crippen LogP contribution in [0, 0.1) is 6.92 Å². The van der Waals surface area contributed by atoms with E-state index in [9.17, 15) is 13.6 Å². The lowest BCUT2D eigenvalue weighted by Gasteiger charge is -2.13. The fourth-order valence-electron chi connectivity index (χ4n) is 3.29. The molecule has 0 unspecified atom stereocenters. The van der Waals surface area contributed by atoms with Crippen molar-refractivity contribution in [1.82, 2.24) is 9.55 Å². The lowest BCUT2D eigenvalue weighted by Crippen LogP contribution is -2.14. The highest BCUT2D eigenvalue weighted by molar-refractivity contribution is 7.99. The second-order valence-electron chi connectivity index (χ2n) is 7.47. The van der Waals surface area contributed by atoms with Gasteiger partial charge in [-0.3, -0.25) is 9.36 Å². The molecule has 10 heteroatoms. The number of alkyl halides is 2. The Morgan fingerprint density at radius 2 is 1.77 bits per heavy atom. The topological polar surface area (TPSA) is 56.2 Å². The van der Waals surface area contributed by atoms with Gasteiger partial charge >= 0.3 is 6.61 Å². The molecule has 1 N–H and O–H groups in total. The van der Waals surface area contributed by atoms with Gasteiger partial charge in [0.2, 0.25) is 5.91 Å². The number of thioether (sulfide) groups is 1. The Hall–Kier alpha value is -3.07. The molecule has 0 atom stereocenters. The molecule has 1 amide bonds. The van der Waals surface area contributed by atoms with Crippen LogP contribution in [-0.4, -0.2) is 27.8 Å². The van der Waals surface area contributed by atoms with Crippen molar-refractivity contribution in [3.8, 4) is 22.7 Å². The fraction of sp³-hybridized carbons (Fsp3) is 0.120. The maximum Gasteiger partial charge on any atom is 0.387 e. The maximum absolute atomic E-state index is 12.6. The first-order chi connectivity index (χ1) is 16.8. The second kappa shape index (κ2) is 11.1. The summed E-state index contributed by atoms with van der Waals surface area (Å²) in [5, 5.41) is 4.19. The van der Waals surface area contributed by atoms with Gasteiger partial charge in [-0.2, -0.15) is 8.78 Å². The number of imidazole rings is 1. The third-order valence-electron chi connectivity index (χ3n) is 4.93. The number of carbonyl (C=O) groups is 1. The van der Waals surface area contributed by atoms with Crippen LogP contribution in [0.3, 0.4) is 0 Å². The van der Waals surface area contributed by atoms with E-state index in [1.807, 2.05) is 35.8 Å². The van der Waals surface area contributed by atoms with Gasteiger partial charge in [-0.05, 0) is 55.5 Å². The van der Waals surface area contributed by atoms with Gasteiger partial charge in [0, 0.05) is 16.9 Å². The van der Waals surface area contributed by atoms with Crippen molar-refractivity contribution in [1.29, 1.82) is 0 Å². The molecule has 0 spiro atoms. The molecular formula is C25H19Cl2F2N3O2S. The zero-order chi connectivity index (χ0) is 24.9. The number of hydrogen-bond donors (Lipinski definition) is 1. The monoisotopic (exact) mass is 533 g/mol. The van der Waals surface area contributed by atoms with E-state index >= 15 is 0 Å². The highest BCUT2D eigenvalue weighted by Gasteiger charge is 2.17. The molecule has 0 aliphatic heterocycles. The number of halogens is 4. The Morgan fingerprint density at radius 1 is 1.06 bits per heavy atom. The lowest BCUT2D eigenvalue weighted by atomic mass is 10.1. The summed E-state index contributed by atoms with van der Waals surface area (Å²) in [5.74, 6) is -0.0463. The summed E-state index contributed by atoms with van der Waals surface area (Å²) in [6.45, 7) is -0.946. The summed E-state index contributed by atoms with van der Waals surface area (Å²) >= 11 is 13.5. The Balaban J connectivity index is 1.62. The number of nitrogens with zero attached hydrogens (tertiary/aromatic N) is 2. The van der Waals surface area contributed by atoms with Crippen LogP contribution in [0.5, 0.6) is 5.75 Å². The average Bonchev–Trinajstić information content (AvgIpc) is 3.25. The van der Waals surface area contributed by atoms with Crippen molar-refractivity contribution >= 4 is 46.6 Å². The van der Waals surface area contributed by atoms with Crippen molar-refractivity contribution in [3.05, 3.63) is 88.5 Å². The molecule has 0 saturated carbocycles. The minimum absolute atomic E-state index is 0.0339. The number of carbonyl (C=O) groups excluding carboxylic acids is 1. The van der Waals surface area contributed by atoms with Crippen molar-refractivity contribution in [2.75, 3.05) is 11.1 Å². The molecule has 4 aromatic rings. The van der Waals surface area contributed by atoms with Crippen molar-refractivity contribution in [3.63, 3.8) is 0 Å². The summed E-state index contributed by atoms with van der Waals surface area (Å²) < 4.78 is 31.4. The Labute approximate surface area is 215 Å². The van der Waals surface area contributed by atoms with Crippen LogP contribution in [-0.2, 0) is 4.79 Å². The number of hydrogen-bond acceptors (Lipinski definition) is 4. The Kier molecular flexibility index (Phi) is 7.95. The van der Waals surface area contributed by atoms with Crippen LogP contribution in [0.1, 0.15) is 5.56 Å². The molecule has 0 aliphatic rings. The molecule has 1 aromatic heterocycles. The van der Waals surface area contributed by atoms with Gasteiger partial charge in [0.15, 0.2) is 5.16 Å². The van der Waals surface area contributed by atoms with Gasteiger partial charge < -0.3 is 10.1 Å². The van der Waals surface area contributed by atoms with Crippen LogP contribution in [0.25, 0.3) is 16.9 Å². The first-order valence-corrected chi connectivity index (χ1v) is 12.1. The molecule has 0 aliphatic carbocycles. The standard InChI is InChI=1S/C25H19Cl2F2N3O2S/c1-15-2-5-17(6-3-15)31-23(33)14-35-25-30-13-22(16-4-11-20(26)21(27)12-16)32(25)18-7-9-19(10-8-18)34-24(28)29/h2-13,24H,14H2,1H3,(H,31,33). The molecule has 0 fully saturated rings. The molecule has 180 valence electrons. The van der Waals surface area contributed by atoms with Crippen molar-refractivity contribution in [2.24, 2.45) is 0 Å². The minimum atomic E-state index is -2.92. The predicted molar refractivity (Wildman–Crippen MR) is 136 cm³/mol. The maximum atomic E-state index is 12.6. The van der Waals surface area contributed by atoms with E-state index in [1.165, 1.54) is 23.9 Å². The minimum Gasteiger partial charge on any atom is -0.435 e. The van der Waals surface area contributed by atoms with E-state index in [2.05, 4.69) is 15.0 Å². The normalized spacial score (nSPS) is 11.0. The highest BCUT2D eigenvalue weighted by atomic mass is 35.5. The third kappa shape index (κ3) is 6.33. The van der Waals surface area contributed by atoms with Gasteiger partial charge in [0.25, 0.3) is 0 Å². The van der Waals surface area contributed by atoms with Gasteiger partial charge in [-0.15, -0.1) is 0 Å². The first-order valence-electron chi connectivity index (χ1n) is 10.4. The van der Waals surface area contributed by atoms with Crippen molar-refractivity contribution in [2.45, 2.75) is 18.7 Å². The summed E-state index contributed by atoms with van der Waals surface area (Å²) in [5.41, 5.74) is 3.88.